The van der Waals surface area contributed by atoms with Gasteiger partial charge in [-0.25, -0.2) is 4.68 Å². The first-order valence-electron chi connectivity index (χ1n) is 3.83. The van der Waals surface area contributed by atoms with Gasteiger partial charge >= 0.3 is 0 Å². The van der Waals surface area contributed by atoms with Gasteiger partial charge in [-0.2, -0.15) is 0 Å². The van der Waals surface area contributed by atoms with E-state index in [4.69, 9.17) is 0 Å². The van der Waals surface area contributed by atoms with Gasteiger partial charge < -0.3 is 5.11 Å². The van der Waals surface area contributed by atoms with Gasteiger partial charge in [-0.15, -0.1) is 5.10 Å². The van der Waals surface area contributed by atoms with Gasteiger partial charge in [0, 0.05) is 0 Å². The van der Waals surface area contributed by atoms with E-state index in [0.717, 1.165) is 0 Å². The molecule has 1 heterocycles. The van der Waals surface area contributed by atoms with E-state index in [1.807, 2.05) is 0 Å². The van der Waals surface area contributed by atoms with Crippen LogP contribution in [0.15, 0.2) is 24.5 Å². The highest BCUT2D eigenvalue weighted by Crippen LogP contribution is 2.17. The van der Waals surface area contributed by atoms with Crippen molar-refractivity contribution in [3.05, 3.63) is 30.1 Å². The van der Waals surface area contributed by atoms with Gasteiger partial charge in [-0.05, 0) is 28.6 Å². The number of phenolic OH excluding ortho intramolecular Hbond substituents is 1. The van der Waals surface area contributed by atoms with Gasteiger partial charge in [0.2, 0.25) is 0 Å². The quantitative estimate of drug-likeness (QED) is 0.683. The van der Waals surface area contributed by atoms with Gasteiger partial charge in [0.25, 0.3) is 0 Å². The number of hydrogen-bond acceptors (Lipinski definition) is 5. The summed E-state index contributed by atoms with van der Waals surface area (Å²) in [5, 5.41) is 19.8. The zero-order valence-electron chi connectivity index (χ0n) is 7.03. The number of rotatable bonds is 2. The average molecular weight is 190 g/mol. The third-order valence-corrected chi connectivity index (χ3v) is 1.75. The lowest BCUT2D eigenvalue weighted by molar-refractivity contribution is 0.112. The fourth-order valence-corrected chi connectivity index (χ4v) is 1.06. The van der Waals surface area contributed by atoms with Gasteiger partial charge in [-0.3, -0.25) is 4.79 Å². The van der Waals surface area contributed by atoms with Crippen LogP contribution < -0.4 is 0 Å². The fraction of sp³-hybridized carbons (Fsp3) is 0. The highest BCUT2D eigenvalue weighted by molar-refractivity contribution is 5.80. The van der Waals surface area contributed by atoms with Crippen LogP contribution in [0.25, 0.3) is 5.69 Å². The second kappa shape index (κ2) is 3.25. The maximum absolute atomic E-state index is 10.5. The number of carbonyl (C=O) groups excluding carboxylic acids is 1. The highest BCUT2D eigenvalue weighted by atomic mass is 16.3. The maximum Gasteiger partial charge on any atom is 0.153 e. The smallest absolute Gasteiger partial charge is 0.153 e. The van der Waals surface area contributed by atoms with Gasteiger partial charge in [0.1, 0.15) is 12.1 Å². The van der Waals surface area contributed by atoms with Crippen LogP contribution in [0.2, 0.25) is 0 Å². The van der Waals surface area contributed by atoms with Crippen LogP contribution in [0.1, 0.15) is 10.4 Å². The monoisotopic (exact) mass is 190 g/mol. The predicted molar refractivity (Wildman–Crippen MR) is 46.2 cm³/mol. The zero-order valence-corrected chi connectivity index (χ0v) is 7.03. The minimum Gasteiger partial charge on any atom is -0.507 e. The Morgan fingerprint density at radius 2 is 2.29 bits per heavy atom. The molecule has 2 rings (SSSR count). The summed E-state index contributed by atoms with van der Waals surface area (Å²) in [7, 11) is 0. The standard InChI is InChI=1S/C8H6N4O2/c13-4-6-3-7(1-2-8(6)14)12-5-9-10-11-12/h1-5,14H. The largest absolute Gasteiger partial charge is 0.507 e. The number of tetrazole rings is 1. The van der Waals surface area contributed by atoms with Crippen molar-refractivity contribution in [1.82, 2.24) is 20.2 Å². The molecule has 0 atom stereocenters. The molecular formula is C8H6N4O2. The number of phenols is 1. The van der Waals surface area contributed by atoms with Gasteiger partial charge in [0.05, 0.1) is 11.3 Å². The topological polar surface area (TPSA) is 80.9 Å². The van der Waals surface area contributed by atoms with Crippen LogP contribution in [-0.2, 0) is 0 Å². The lowest BCUT2D eigenvalue weighted by Crippen LogP contribution is -1.96. The first-order valence-corrected chi connectivity index (χ1v) is 3.83. The van der Waals surface area contributed by atoms with Crippen LogP contribution in [0, 0.1) is 0 Å². The minimum absolute atomic E-state index is 0.0585. The van der Waals surface area contributed by atoms with Crippen LogP contribution in [0.4, 0.5) is 0 Å². The van der Waals surface area contributed by atoms with Crippen molar-refractivity contribution in [2.45, 2.75) is 0 Å². The molecule has 1 aromatic heterocycles. The number of carbonyl (C=O) groups is 1. The molecule has 0 amide bonds. The summed E-state index contributed by atoms with van der Waals surface area (Å²) in [5.74, 6) is -0.0585. The molecule has 1 aromatic carbocycles. The molecule has 0 saturated heterocycles. The minimum atomic E-state index is -0.0585. The number of aromatic hydroxyl groups is 1. The molecule has 0 spiro atoms. The second-order valence-electron chi connectivity index (χ2n) is 2.62. The van der Waals surface area contributed by atoms with Crippen molar-refractivity contribution < 1.29 is 9.90 Å². The maximum atomic E-state index is 10.5. The summed E-state index contributed by atoms with van der Waals surface area (Å²) in [6, 6.07) is 4.53. The van der Waals surface area contributed by atoms with E-state index < -0.39 is 0 Å². The predicted octanol–water partition coefficient (Wildman–Crippen LogP) is 0.180. The van der Waals surface area contributed by atoms with E-state index in [2.05, 4.69) is 15.5 Å². The fourth-order valence-electron chi connectivity index (χ4n) is 1.06. The number of benzene rings is 1. The Kier molecular flexibility index (Phi) is 1.94. The summed E-state index contributed by atoms with van der Waals surface area (Å²) < 4.78 is 1.40. The van der Waals surface area contributed by atoms with E-state index in [-0.39, 0.29) is 11.3 Å². The Morgan fingerprint density at radius 3 is 2.93 bits per heavy atom. The lowest BCUT2D eigenvalue weighted by atomic mass is 10.2. The molecule has 0 fully saturated rings. The number of aromatic nitrogens is 4. The number of hydrogen-bond donors (Lipinski definition) is 1. The molecule has 0 aliphatic heterocycles. The molecule has 2 aromatic rings. The number of nitrogens with zero attached hydrogens (tertiary/aromatic N) is 4. The lowest BCUT2D eigenvalue weighted by Gasteiger charge is -2.01. The molecular weight excluding hydrogens is 184 g/mol. The van der Waals surface area contributed by atoms with Crippen molar-refractivity contribution in [3.8, 4) is 11.4 Å². The van der Waals surface area contributed by atoms with E-state index >= 15 is 0 Å². The molecule has 0 aliphatic rings. The molecule has 0 saturated carbocycles. The van der Waals surface area contributed by atoms with Crippen LogP contribution in [-0.4, -0.2) is 31.6 Å². The third kappa shape index (κ3) is 1.33. The van der Waals surface area contributed by atoms with Gasteiger partial charge in [-0.1, -0.05) is 0 Å². The van der Waals surface area contributed by atoms with Crippen molar-refractivity contribution in [2.75, 3.05) is 0 Å². The van der Waals surface area contributed by atoms with Crippen LogP contribution in [0.5, 0.6) is 5.75 Å². The molecule has 0 unspecified atom stereocenters. The van der Waals surface area contributed by atoms with Crippen molar-refractivity contribution in [1.29, 1.82) is 0 Å². The molecule has 6 nitrogen and oxygen atoms in total. The average Bonchev–Trinajstić information content (AvgIpc) is 2.71. The van der Waals surface area contributed by atoms with Crippen molar-refractivity contribution in [3.63, 3.8) is 0 Å². The summed E-state index contributed by atoms with van der Waals surface area (Å²) >= 11 is 0. The van der Waals surface area contributed by atoms with E-state index in [0.29, 0.717) is 12.0 Å². The van der Waals surface area contributed by atoms with Crippen molar-refractivity contribution in [2.24, 2.45) is 0 Å². The van der Waals surface area contributed by atoms with Crippen molar-refractivity contribution >= 4 is 6.29 Å². The molecule has 0 aliphatic carbocycles. The Bertz CT molecular complexity index is 452. The summed E-state index contributed by atoms with van der Waals surface area (Å²) in [6.07, 6.45) is 1.98. The first-order chi connectivity index (χ1) is 6.81. The molecule has 0 radical (unpaired) electrons. The Morgan fingerprint density at radius 1 is 1.43 bits per heavy atom. The molecule has 1 N–H and O–H groups in total. The molecule has 14 heavy (non-hydrogen) atoms. The Labute approximate surface area is 78.8 Å². The summed E-state index contributed by atoms with van der Waals surface area (Å²) in [5.41, 5.74) is 0.827. The Balaban J connectivity index is 2.51. The number of aldehydes is 1. The zero-order chi connectivity index (χ0) is 9.97. The molecule has 70 valence electrons. The summed E-state index contributed by atoms with van der Waals surface area (Å²) in [6.45, 7) is 0. The Hall–Kier alpha value is -2.24. The SMILES string of the molecule is O=Cc1cc(-n2cnnn2)ccc1O. The highest BCUT2D eigenvalue weighted by Gasteiger charge is 2.03. The normalized spacial score (nSPS) is 10.0. The first kappa shape index (κ1) is 8.36. The third-order valence-electron chi connectivity index (χ3n) is 1.75. The summed E-state index contributed by atoms with van der Waals surface area (Å²) in [4.78, 5) is 10.5. The molecule has 6 heteroatoms. The van der Waals surface area contributed by atoms with Crippen LogP contribution in [0.3, 0.4) is 0 Å². The van der Waals surface area contributed by atoms with E-state index in [9.17, 15) is 9.90 Å². The van der Waals surface area contributed by atoms with E-state index in [1.165, 1.54) is 23.1 Å². The van der Waals surface area contributed by atoms with E-state index in [1.54, 1.807) is 6.07 Å². The van der Waals surface area contributed by atoms with Crippen LogP contribution >= 0.6 is 0 Å². The van der Waals surface area contributed by atoms with Gasteiger partial charge in [0.15, 0.2) is 6.29 Å². The second-order valence-corrected chi connectivity index (χ2v) is 2.62. The molecule has 0 bridgehead atoms.